The molecule has 1 heterocycles. The first-order valence-corrected chi connectivity index (χ1v) is 8.98. The van der Waals surface area contributed by atoms with Crippen molar-refractivity contribution in [3.8, 4) is 5.69 Å². The minimum Gasteiger partial charge on any atom is -0.355 e. The van der Waals surface area contributed by atoms with E-state index in [0.29, 0.717) is 11.7 Å². The molecular formula is C17H24N4OS. The fourth-order valence-electron chi connectivity index (χ4n) is 2.21. The molecule has 2 rings (SSSR count). The van der Waals surface area contributed by atoms with Crippen molar-refractivity contribution in [2.75, 3.05) is 12.3 Å². The predicted molar refractivity (Wildman–Crippen MR) is 93.9 cm³/mol. The average Bonchev–Trinajstić information content (AvgIpc) is 3.00. The van der Waals surface area contributed by atoms with E-state index in [2.05, 4.69) is 48.4 Å². The maximum Gasteiger partial charge on any atom is 0.230 e. The molecule has 1 aromatic carbocycles. The van der Waals surface area contributed by atoms with Crippen LogP contribution in [0.25, 0.3) is 5.69 Å². The Morgan fingerprint density at radius 2 is 2.13 bits per heavy atom. The molecule has 5 nitrogen and oxygen atoms in total. The third kappa shape index (κ3) is 5.10. The van der Waals surface area contributed by atoms with E-state index in [9.17, 15) is 4.79 Å². The van der Waals surface area contributed by atoms with Gasteiger partial charge in [0, 0.05) is 6.54 Å². The van der Waals surface area contributed by atoms with E-state index in [1.54, 1.807) is 6.33 Å². The van der Waals surface area contributed by atoms with Crippen molar-refractivity contribution in [1.29, 1.82) is 0 Å². The minimum atomic E-state index is 0.0361. The van der Waals surface area contributed by atoms with E-state index < -0.39 is 0 Å². The van der Waals surface area contributed by atoms with E-state index >= 15 is 0 Å². The van der Waals surface area contributed by atoms with Crippen LogP contribution in [0.1, 0.15) is 32.8 Å². The standard InChI is InChI=1S/C17H24N4OS/c1-4-14-7-5-6-8-15(14)21-12-19-20-17(21)23-11-16(22)18-10-9-13(2)3/h5-8,12-13H,4,9-11H2,1-3H3,(H,18,22). The molecule has 0 atom stereocenters. The second kappa shape index (κ2) is 8.72. The Morgan fingerprint density at radius 1 is 1.35 bits per heavy atom. The fraction of sp³-hybridized carbons (Fsp3) is 0.471. The van der Waals surface area contributed by atoms with Gasteiger partial charge in [-0.05, 0) is 30.4 Å². The van der Waals surface area contributed by atoms with Crippen LogP contribution < -0.4 is 5.32 Å². The van der Waals surface area contributed by atoms with Gasteiger partial charge in [0.1, 0.15) is 6.33 Å². The molecule has 0 saturated heterocycles. The molecule has 1 aromatic heterocycles. The topological polar surface area (TPSA) is 59.8 Å². The molecule has 23 heavy (non-hydrogen) atoms. The third-order valence-corrected chi connectivity index (χ3v) is 4.47. The van der Waals surface area contributed by atoms with E-state index in [1.807, 2.05) is 16.7 Å². The quantitative estimate of drug-likeness (QED) is 0.755. The summed E-state index contributed by atoms with van der Waals surface area (Å²) in [6, 6.07) is 8.18. The molecule has 0 bridgehead atoms. The molecule has 0 aliphatic heterocycles. The van der Waals surface area contributed by atoms with Crippen molar-refractivity contribution in [2.24, 2.45) is 5.92 Å². The van der Waals surface area contributed by atoms with Crippen molar-refractivity contribution in [1.82, 2.24) is 20.1 Å². The summed E-state index contributed by atoms with van der Waals surface area (Å²) in [5.74, 6) is 0.982. The number of carbonyl (C=O) groups excluding carboxylic acids is 1. The van der Waals surface area contributed by atoms with Crippen LogP contribution in [0.4, 0.5) is 0 Å². The lowest BCUT2D eigenvalue weighted by atomic mass is 10.1. The van der Waals surface area contributed by atoms with Crippen LogP contribution in [0, 0.1) is 5.92 Å². The van der Waals surface area contributed by atoms with Crippen molar-refractivity contribution in [3.63, 3.8) is 0 Å². The number of carbonyl (C=O) groups is 1. The Kier molecular flexibility index (Phi) is 6.65. The molecule has 124 valence electrons. The highest BCUT2D eigenvalue weighted by Gasteiger charge is 2.12. The van der Waals surface area contributed by atoms with Crippen LogP contribution in [0.3, 0.4) is 0 Å². The smallest absolute Gasteiger partial charge is 0.230 e. The van der Waals surface area contributed by atoms with Gasteiger partial charge in [-0.1, -0.05) is 50.7 Å². The molecule has 0 fully saturated rings. The Bertz CT molecular complexity index is 639. The zero-order valence-corrected chi connectivity index (χ0v) is 14.8. The SMILES string of the molecule is CCc1ccccc1-n1cnnc1SCC(=O)NCCC(C)C. The number of thioether (sulfide) groups is 1. The molecule has 1 N–H and O–H groups in total. The Labute approximate surface area is 141 Å². The van der Waals surface area contributed by atoms with Gasteiger partial charge >= 0.3 is 0 Å². The van der Waals surface area contributed by atoms with Gasteiger partial charge < -0.3 is 5.32 Å². The first kappa shape index (κ1) is 17.5. The summed E-state index contributed by atoms with van der Waals surface area (Å²) in [7, 11) is 0. The zero-order valence-electron chi connectivity index (χ0n) is 14.0. The molecule has 0 spiro atoms. The van der Waals surface area contributed by atoms with Crippen molar-refractivity contribution in [2.45, 2.75) is 38.8 Å². The second-order valence-electron chi connectivity index (χ2n) is 5.79. The number of hydrogen-bond donors (Lipinski definition) is 1. The van der Waals surface area contributed by atoms with E-state index in [0.717, 1.165) is 30.2 Å². The number of aromatic nitrogens is 3. The average molecular weight is 332 g/mol. The largest absolute Gasteiger partial charge is 0.355 e. The van der Waals surface area contributed by atoms with Gasteiger partial charge in [0.25, 0.3) is 0 Å². The molecular weight excluding hydrogens is 308 g/mol. The summed E-state index contributed by atoms with van der Waals surface area (Å²) in [6.45, 7) is 7.14. The summed E-state index contributed by atoms with van der Waals surface area (Å²) in [4.78, 5) is 11.9. The van der Waals surface area contributed by atoms with Crippen LogP contribution in [-0.2, 0) is 11.2 Å². The first-order valence-electron chi connectivity index (χ1n) is 7.99. The van der Waals surface area contributed by atoms with Crippen LogP contribution >= 0.6 is 11.8 Å². The van der Waals surface area contributed by atoms with Crippen molar-refractivity contribution < 1.29 is 4.79 Å². The van der Waals surface area contributed by atoms with Gasteiger partial charge in [0.05, 0.1) is 11.4 Å². The number of benzene rings is 1. The number of para-hydroxylation sites is 1. The van der Waals surface area contributed by atoms with Crippen LogP contribution in [-0.4, -0.2) is 33.0 Å². The molecule has 0 radical (unpaired) electrons. The summed E-state index contributed by atoms with van der Waals surface area (Å²) in [5, 5.41) is 11.8. The number of aryl methyl sites for hydroxylation is 1. The zero-order chi connectivity index (χ0) is 16.7. The maximum atomic E-state index is 11.9. The van der Waals surface area contributed by atoms with E-state index in [1.165, 1.54) is 17.3 Å². The molecule has 0 aliphatic carbocycles. The Morgan fingerprint density at radius 3 is 2.87 bits per heavy atom. The molecule has 1 amide bonds. The summed E-state index contributed by atoms with van der Waals surface area (Å²) >= 11 is 1.41. The number of nitrogens with one attached hydrogen (secondary N) is 1. The number of nitrogens with zero attached hydrogens (tertiary/aromatic N) is 3. The highest BCUT2D eigenvalue weighted by molar-refractivity contribution is 7.99. The number of amides is 1. The van der Waals surface area contributed by atoms with Gasteiger partial charge in [-0.25, -0.2) is 0 Å². The molecule has 2 aromatic rings. The number of rotatable bonds is 8. The van der Waals surface area contributed by atoms with Gasteiger partial charge in [-0.3, -0.25) is 9.36 Å². The molecule has 0 aliphatic rings. The van der Waals surface area contributed by atoms with Gasteiger partial charge in [-0.15, -0.1) is 10.2 Å². The van der Waals surface area contributed by atoms with E-state index in [-0.39, 0.29) is 5.91 Å². The minimum absolute atomic E-state index is 0.0361. The summed E-state index contributed by atoms with van der Waals surface area (Å²) in [5.41, 5.74) is 2.30. The lowest BCUT2D eigenvalue weighted by Gasteiger charge is -2.11. The predicted octanol–water partition coefficient (Wildman–Crippen LogP) is 3.08. The Balaban J connectivity index is 1.98. The normalized spacial score (nSPS) is 11.0. The molecule has 0 saturated carbocycles. The first-order chi connectivity index (χ1) is 11.1. The highest BCUT2D eigenvalue weighted by atomic mass is 32.2. The fourth-order valence-corrected chi connectivity index (χ4v) is 2.97. The van der Waals surface area contributed by atoms with Crippen molar-refractivity contribution >= 4 is 17.7 Å². The lowest BCUT2D eigenvalue weighted by Crippen LogP contribution is -2.27. The maximum absolute atomic E-state index is 11.9. The van der Waals surface area contributed by atoms with Crippen LogP contribution in [0.15, 0.2) is 35.7 Å². The Hall–Kier alpha value is -1.82. The number of hydrogen-bond acceptors (Lipinski definition) is 4. The summed E-state index contributed by atoms with van der Waals surface area (Å²) < 4.78 is 1.95. The molecule has 6 heteroatoms. The molecule has 0 unspecified atom stereocenters. The van der Waals surface area contributed by atoms with Gasteiger partial charge in [0.15, 0.2) is 5.16 Å². The van der Waals surface area contributed by atoms with Gasteiger partial charge in [-0.2, -0.15) is 0 Å². The third-order valence-electron chi connectivity index (χ3n) is 3.52. The van der Waals surface area contributed by atoms with Crippen molar-refractivity contribution in [3.05, 3.63) is 36.2 Å². The van der Waals surface area contributed by atoms with Gasteiger partial charge in [0.2, 0.25) is 5.91 Å². The second-order valence-corrected chi connectivity index (χ2v) is 6.73. The van der Waals surface area contributed by atoms with Crippen LogP contribution in [0.5, 0.6) is 0 Å². The van der Waals surface area contributed by atoms with Crippen LogP contribution in [0.2, 0.25) is 0 Å². The monoisotopic (exact) mass is 332 g/mol. The highest BCUT2D eigenvalue weighted by Crippen LogP contribution is 2.22. The van der Waals surface area contributed by atoms with E-state index in [4.69, 9.17) is 0 Å². The summed E-state index contributed by atoms with van der Waals surface area (Å²) in [6.07, 6.45) is 3.64. The lowest BCUT2D eigenvalue weighted by molar-refractivity contribution is -0.118.